The molecule has 0 fully saturated rings. The van der Waals surface area contributed by atoms with E-state index in [9.17, 15) is 9.59 Å². The van der Waals surface area contributed by atoms with Gasteiger partial charge in [0, 0.05) is 33.0 Å². The Bertz CT molecular complexity index is 565. The van der Waals surface area contributed by atoms with Gasteiger partial charge in [0.15, 0.2) is 5.78 Å². The lowest BCUT2D eigenvalue weighted by molar-refractivity contribution is -0.131. The summed E-state index contributed by atoms with van der Waals surface area (Å²) in [6.45, 7) is 1.82. The van der Waals surface area contributed by atoms with Crippen molar-refractivity contribution in [1.29, 1.82) is 0 Å². The number of carbonyl (C=O) groups excluding carboxylic acids is 1. The van der Waals surface area contributed by atoms with Crippen LogP contribution in [0.3, 0.4) is 0 Å². The first-order valence-electron chi connectivity index (χ1n) is 5.34. The first-order valence-corrected chi connectivity index (χ1v) is 6.64. The van der Waals surface area contributed by atoms with Crippen LogP contribution >= 0.6 is 27.5 Å². The van der Waals surface area contributed by atoms with E-state index in [-0.39, 0.29) is 16.5 Å². The molecule has 18 heavy (non-hydrogen) atoms. The molecule has 1 aromatic rings. The minimum atomic E-state index is -1.11. The van der Waals surface area contributed by atoms with Crippen molar-refractivity contribution >= 4 is 39.3 Å². The molecular formula is C13H10BrClO3. The summed E-state index contributed by atoms with van der Waals surface area (Å²) in [6, 6.07) is 5.00. The number of ketones is 1. The quantitative estimate of drug-likeness (QED) is 0.632. The van der Waals surface area contributed by atoms with Gasteiger partial charge in [-0.1, -0.05) is 34.5 Å². The van der Waals surface area contributed by atoms with Gasteiger partial charge in [-0.25, -0.2) is 4.79 Å². The number of carbonyl (C=O) groups is 2. The molecule has 0 heterocycles. The molecule has 0 radical (unpaired) electrons. The van der Waals surface area contributed by atoms with E-state index in [0.29, 0.717) is 16.2 Å². The van der Waals surface area contributed by atoms with Crippen LogP contribution in [0.25, 0.3) is 0 Å². The second-order valence-electron chi connectivity index (χ2n) is 4.19. The average Bonchev–Trinajstić information content (AvgIpc) is 2.31. The van der Waals surface area contributed by atoms with E-state index < -0.39 is 5.97 Å². The Morgan fingerprint density at radius 3 is 2.78 bits per heavy atom. The van der Waals surface area contributed by atoms with Gasteiger partial charge in [-0.15, -0.1) is 0 Å². The van der Waals surface area contributed by atoms with Crippen molar-refractivity contribution in [3.8, 4) is 0 Å². The van der Waals surface area contributed by atoms with Crippen LogP contribution in [-0.2, 0) is 4.79 Å². The van der Waals surface area contributed by atoms with E-state index >= 15 is 0 Å². The summed E-state index contributed by atoms with van der Waals surface area (Å²) in [7, 11) is 0. The average molecular weight is 330 g/mol. The molecule has 0 spiro atoms. The molecule has 0 unspecified atom stereocenters. The van der Waals surface area contributed by atoms with Gasteiger partial charge in [-0.3, -0.25) is 4.79 Å². The summed E-state index contributed by atoms with van der Waals surface area (Å²) in [4.78, 5) is 22.9. The third kappa shape index (κ3) is 2.22. The summed E-state index contributed by atoms with van der Waals surface area (Å²) in [5.74, 6) is -1.56. The number of hydrogen-bond acceptors (Lipinski definition) is 2. The topological polar surface area (TPSA) is 54.4 Å². The Labute approximate surface area is 118 Å². The SMILES string of the molecule is C[C@@H]1/C(=C/C(=O)O)C(=O)c2ccc(Cl)cc2[C@@H]1Br. The highest BCUT2D eigenvalue weighted by atomic mass is 79.9. The first-order chi connectivity index (χ1) is 8.41. The number of benzene rings is 1. The Kier molecular flexibility index (Phi) is 3.59. The lowest BCUT2D eigenvalue weighted by Gasteiger charge is -2.28. The molecule has 0 amide bonds. The van der Waals surface area contributed by atoms with Gasteiger partial charge in [0.05, 0.1) is 0 Å². The Morgan fingerprint density at radius 2 is 2.17 bits per heavy atom. The molecule has 2 rings (SSSR count). The number of aliphatic carboxylic acids is 1. The minimum absolute atomic E-state index is 0.116. The molecular weight excluding hydrogens is 319 g/mol. The lowest BCUT2D eigenvalue weighted by Crippen LogP contribution is -2.24. The van der Waals surface area contributed by atoms with Gasteiger partial charge in [0.1, 0.15) is 0 Å². The van der Waals surface area contributed by atoms with Crippen molar-refractivity contribution in [2.75, 3.05) is 0 Å². The van der Waals surface area contributed by atoms with Crippen LogP contribution < -0.4 is 0 Å². The standard InChI is InChI=1S/C13H10BrClO3/c1-6-9(5-11(16)17)13(18)8-3-2-7(15)4-10(8)12(6)14/h2-6,12H,1H3,(H,16,17)/b9-5-/t6-,12-/m1/s1. The van der Waals surface area contributed by atoms with Crippen LogP contribution in [-0.4, -0.2) is 16.9 Å². The number of hydrogen-bond donors (Lipinski definition) is 1. The fourth-order valence-electron chi connectivity index (χ4n) is 2.09. The van der Waals surface area contributed by atoms with E-state index in [1.807, 2.05) is 6.92 Å². The third-order valence-electron chi connectivity index (χ3n) is 3.03. The minimum Gasteiger partial charge on any atom is -0.478 e. The summed E-state index contributed by atoms with van der Waals surface area (Å²) in [6.07, 6.45) is 0.985. The summed E-state index contributed by atoms with van der Waals surface area (Å²) in [5.41, 5.74) is 1.62. The Hall–Kier alpha value is -1.13. The fourth-order valence-corrected chi connectivity index (χ4v) is 2.93. The molecule has 1 aliphatic carbocycles. The maximum atomic E-state index is 12.2. The van der Waals surface area contributed by atoms with Gasteiger partial charge in [0.25, 0.3) is 0 Å². The van der Waals surface area contributed by atoms with E-state index in [1.165, 1.54) is 0 Å². The molecule has 1 aliphatic rings. The lowest BCUT2D eigenvalue weighted by atomic mass is 9.80. The highest BCUT2D eigenvalue weighted by Crippen LogP contribution is 2.43. The van der Waals surface area contributed by atoms with E-state index in [4.69, 9.17) is 16.7 Å². The molecule has 0 aromatic heterocycles. The molecule has 3 nitrogen and oxygen atoms in total. The predicted molar refractivity (Wildman–Crippen MR) is 72.3 cm³/mol. The third-order valence-corrected chi connectivity index (χ3v) is 4.55. The van der Waals surface area contributed by atoms with E-state index in [2.05, 4.69) is 15.9 Å². The predicted octanol–water partition coefficient (Wildman–Crippen LogP) is 3.62. The van der Waals surface area contributed by atoms with Crippen molar-refractivity contribution in [1.82, 2.24) is 0 Å². The summed E-state index contributed by atoms with van der Waals surface area (Å²) < 4.78 is 0. The van der Waals surface area contributed by atoms with Gasteiger partial charge >= 0.3 is 5.97 Å². The van der Waals surface area contributed by atoms with Crippen molar-refractivity contribution in [2.45, 2.75) is 11.8 Å². The molecule has 5 heteroatoms. The molecule has 2 atom stereocenters. The van der Waals surface area contributed by atoms with Gasteiger partial charge in [-0.2, -0.15) is 0 Å². The van der Waals surface area contributed by atoms with Gasteiger partial charge < -0.3 is 5.11 Å². The van der Waals surface area contributed by atoms with Crippen LogP contribution in [0.15, 0.2) is 29.8 Å². The zero-order chi connectivity index (χ0) is 13.4. The largest absolute Gasteiger partial charge is 0.478 e. The first kappa shape index (κ1) is 13.3. The number of rotatable bonds is 1. The van der Waals surface area contributed by atoms with Crippen LogP contribution in [0.2, 0.25) is 5.02 Å². The maximum absolute atomic E-state index is 12.2. The van der Waals surface area contributed by atoms with Gasteiger partial charge in [-0.05, 0) is 23.8 Å². The van der Waals surface area contributed by atoms with Crippen molar-refractivity contribution in [3.63, 3.8) is 0 Å². The van der Waals surface area contributed by atoms with Crippen LogP contribution in [0.5, 0.6) is 0 Å². The van der Waals surface area contributed by atoms with E-state index in [1.54, 1.807) is 18.2 Å². The summed E-state index contributed by atoms with van der Waals surface area (Å²) in [5, 5.41) is 9.37. The van der Waals surface area contributed by atoms with Crippen LogP contribution in [0, 0.1) is 5.92 Å². The van der Waals surface area contributed by atoms with E-state index in [0.717, 1.165) is 11.6 Å². The molecule has 1 aromatic carbocycles. The number of Topliss-reactive ketones (excluding diaryl/α,β-unsaturated/α-hetero) is 1. The van der Waals surface area contributed by atoms with Crippen molar-refractivity contribution in [2.24, 2.45) is 5.92 Å². The second kappa shape index (κ2) is 4.86. The zero-order valence-electron chi connectivity index (χ0n) is 9.48. The number of fused-ring (bicyclic) bond motifs is 1. The van der Waals surface area contributed by atoms with Crippen molar-refractivity contribution < 1.29 is 14.7 Å². The highest BCUT2D eigenvalue weighted by molar-refractivity contribution is 9.09. The number of carboxylic acids is 1. The molecule has 1 N–H and O–H groups in total. The Morgan fingerprint density at radius 1 is 1.50 bits per heavy atom. The van der Waals surface area contributed by atoms with Gasteiger partial charge in [0.2, 0.25) is 0 Å². The van der Waals surface area contributed by atoms with Crippen LogP contribution in [0.4, 0.5) is 0 Å². The second-order valence-corrected chi connectivity index (χ2v) is 5.61. The monoisotopic (exact) mass is 328 g/mol. The number of halogens is 2. The normalized spacial score (nSPS) is 25.1. The Balaban J connectivity index is 2.60. The fraction of sp³-hybridized carbons (Fsp3) is 0.231. The summed E-state index contributed by atoms with van der Waals surface area (Å²) >= 11 is 9.42. The molecule has 0 aliphatic heterocycles. The molecule has 0 saturated heterocycles. The molecule has 94 valence electrons. The highest BCUT2D eigenvalue weighted by Gasteiger charge is 2.34. The molecule has 0 bridgehead atoms. The zero-order valence-corrected chi connectivity index (χ0v) is 11.8. The van der Waals surface area contributed by atoms with Crippen molar-refractivity contribution in [3.05, 3.63) is 46.0 Å². The smallest absolute Gasteiger partial charge is 0.328 e. The van der Waals surface area contributed by atoms with Crippen LogP contribution in [0.1, 0.15) is 27.7 Å². The number of carboxylic acid groups (broad SMARTS) is 1. The number of alkyl halides is 1. The maximum Gasteiger partial charge on any atom is 0.328 e. The number of allylic oxidation sites excluding steroid dienone is 1. The molecule has 0 saturated carbocycles.